The lowest BCUT2D eigenvalue weighted by molar-refractivity contribution is -0.121. The van der Waals surface area contributed by atoms with Crippen LogP contribution in [0.4, 0.5) is 0 Å². The largest absolute Gasteiger partial charge is 0.396 e. The summed E-state index contributed by atoms with van der Waals surface area (Å²) in [5.41, 5.74) is 3.31. The Morgan fingerprint density at radius 3 is 3.00 bits per heavy atom. The fourth-order valence-corrected chi connectivity index (χ4v) is 2.48. The number of carbonyl (C=O) groups excluding carboxylic acids is 1. The second kappa shape index (κ2) is 6.57. The van der Waals surface area contributed by atoms with E-state index >= 15 is 0 Å². The van der Waals surface area contributed by atoms with Gasteiger partial charge in [-0.2, -0.15) is 0 Å². The fraction of sp³-hybridized carbons (Fsp3) is 0.438. The van der Waals surface area contributed by atoms with E-state index < -0.39 is 0 Å². The summed E-state index contributed by atoms with van der Waals surface area (Å²) in [7, 11) is 0. The third-order valence-electron chi connectivity index (χ3n) is 3.56. The summed E-state index contributed by atoms with van der Waals surface area (Å²) in [6, 6.07) is 6.20. The van der Waals surface area contributed by atoms with Crippen LogP contribution in [0.5, 0.6) is 0 Å². The number of carbonyl (C=O) groups is 1. The molecular formula is C16H22N2O2. The van der Waals surface area contributed by atoms with Crippen LogP contribution in [0.2, 0.25) is 0 Å². The van der Waals surface area contributed by atoms with Crippen molar-refractivity contribution in [2.24, 2.45) is 0 Å². The van der Waals surface area contributed by atoms with Crippen LogP contribution in [0.15, 0.2) is 24.4 Å². The Hall–Kier alpha value is -1.81. The zero-order chi connectivity index (χ0) is 14.5. The standard InChI is InChI=1S/C16H22N2O2/c1-11-5-3-7-14-13(10-17-16(11)14)9-15(20)18-12(2)6-4-8-19/h3,5,7,10,12,17,19H,4,6,8-9H2,1-2H3,(H,18,20). The highest BCUT2D eigenvalue weighted by Crippen LogP contribution is 2.21. The number of hydrogen-bond acceptors (Lipinski definition) is 2. The van der Waals surface area contributed by atoms with E-state index in [1.807, 2.05) is 25.3 Å². The molecule has 0 saturated carbocycles. The number of aryl methyl sites for hydroxylation is 1. The fourth-order valence-electron chi connectivity index (χ4n) is 2.48. The molecule has 1 amide bonds. The van der Waals surface area contributed by atoms with Gasteiger partial charge in [0.15, 0.2) is 0 Å². The van der Waals surface area contributed by atoms with Gasteiger partial charge < -0.3 is 15.4 Å². The van der Waals surface area contributed by atoms with E-state index in [-0.39, 0.29) is 18.6 Å². The number of benzene rings is 1. The molecular weight excluding hydrogens is 252 g/mol. The molecule has 0 aliphatic rings. The number of aromatic amines is 1. The van der Waals surface area contributed by atoms with E-state index in [1.165, 1.54) is 5.56 Å². The van der Waals surface area contributed by atoms with Gasteiger partial charge in [0.05, 0.1) is 6.42 Å². The van der Waals surface area contributed by atoms with Gasteiger partial charge >= 0.3 is 0 Å². The number of aromatic nitrogens is 1. The molecule has 0 radical (unpaired) electrons. The predicted molar refractivity (Wildman–Crippen MR) is 80.7 cm³/mol. The van der Waals surface area contributed by atoms with Crippen molar-refractivity contribution < 1.29 is 9.90 Å². The van der Waals surface area contributed by atoms with Gasteiger partial charge in [0.2, 0.25) is 5.91 Å². The van der Waals surface area contributed by atoms with Crippen molar-refractivity contribution in [1.82, 2.24) is 10.3 Å². The molecule has 2 aromatic rings. The predicted octanol–water partition coefficient (Wildman–Crippen LogP) is 2.30. The van der Waals surface area contributed by atoms with E-state index in [1.54, 1.807) is 0 Å². The summed E-state index contributed by atoms with van der Waals surface area (Å²) in [4.78, 5) is 15.3. The number of nitrogens with one attached hydrogen (secondary N) is 2. The van der Waals surface area contributed by atoms with Gasteiger partial charge in [-0.15, -0.1) is 0 Å². The average Bonchev–Trinajstić information content (AvgIpc) is 2.81. The number of H-pyrrole nitrogens is 1. The van der Waals surface area contributed by atoms with Gasteiger partial charge in [-0.3, -0.25) is 4.79 Å². The summed E-state index contributed by atoms with van der Waals surface area (Å²) in [6.07, 6.45) is 3.81. The minimum atomic E-state index is 0.0258. The van der Waals surface area contributed by atoms with Crippen molar-refractivity contribution in [3.05, 3.63) is 35.5 Å². The lowest BCUT2D eigenvalue weighted by atomic mass is 10.1. The van der Waals surface area contributed by atoms with E-state index in [9.17, 15) is 4.79 Å². The molecule has 2 rings (SSSR count). The quantitative estimate of drug-likeness (QED) is 0.756. The Balaban J connectivity index is 2.01. The zero-order valence-corrected chi connectivity index (χ0v) is 12.1. The topological polar surface area (TPSA) is 65.1 Å². The van der Waals surface area contributed by atoms with Crippen molar-refractivity contribution in [2.45, 2.75) is 39.2 Å². The van der Waals surface area contributed by atoms with Crippen LogP contribution in [0.3, 0.4) is 0 Å². The van der Waals surface area contributed by atoms with Crippen LogP contribution >= 0.6 is 0 Å². The SMILES string of the molecule is Cc1cccc2c(CC(=O)NC(C)CCCO)c[nH]c12. The third kappa shape index (κ3) is 3.39. The van der Waals surface area contributed by atoms with Gasteiger partial charge in [0.1, 0.15) is 0 Å². The van der Waals surface area contributed by atoms with Crippen LogP contribution in [0, 0.1) is 6.92 Å². The molecule has 0 aliphatic carbocycles. The van der Waals surface area contributed by atoms with E-state index in [0.717, 1.165) is 22.9 Å². The number of hydrogen-bond donors (Lipinski definition) is 3. The van der Waals surface area contributed by atoms with Crippen molar-refractivity contribution in [1.29, 1.82) is 0 Å². The van der Waals surface area contributed by atoms with Gasteiger partial charge in [-0.1, -0.05) is 18.2 Å². The van der Waals surface area contributed by atoms with Gasteiger partial charge in [0.25, 0.3) is 0 Å². The number of amides is 1. The van der Waals surface area contributed by atoms with Crippen molar-refractivity contribution >= 4 is 16.8 Å². The Bertz CT molecular complexity index is 589. The molecule has 4 nitrogen and oxygen atoms in total. The molecule has 1 aromatic carbocycles. The lowest BCUT2D eigenvalue weighted by Gasteiger charge is -2.12. The van der Waals surface area contributed by atoms with Crippen LogP contribution < -0.4 is 5.32 Å². The summed E-state index contributed by atoms with van der Waals surface area (Å²) < 4.78 is 0. The van der Waals surface area contributed by atoms with Gasteiger partial charge in [-0.05, 0) is 37.8 Å². The normalized spacial score (nSPS) is 12.6. The number of aliphatic hydroxyl groups is 1. The molecule has 4 heteroatoms. The summed E-state index contributed by atoms with van der Waals surface area (Å²) in [6.45, 7) is 4.19. The highest BCUT2D eigenvalue weighted by atomic mass is 16.2. The average molecular weight is 274 g/mol. The molecule has 1 aromatic heterocycles. The number of fused-ring (bicyclic) bond motifs is 1. The number of para-hydroxylation sites is 1. The van der Waals surface area contributed by atoms with Crippen LogP contribution in [0.1, 0.15) is 30.9 Å². The van der Waals surface area contributed by atoms with E-state index in [0.29, 0.717) is 12.8 Å². The third-order valence-corrected chi connectivity index (χ3v) is 3.56. The molecule has 0 aliphatic heterocycles. The number of rotatable bonds is 6. The first kappa shape index (κ1) is 14.6. The molecule has 1 atom stereocenters. The second-order valence-corrected chi connectivity index (χ2v) is 5.32. The molecule has 20 heavy (non-hydrogen) atoms. The Labute approximate surface area is 119 Å². The molecule has 0 spiro atoms. The molecule has 1 unspecified atom stereocenters. The van der Waals surface area contributed by atoms with E-state index in [4.69, 9.17) is 5.11 Å². The second-order valence-electron chi connectivity index (χ2n) is 5.32. The highest BCUT2D eigenvalue weighted by Gasteiger charge is 2.11. The zero-order valence-electron chi connectivity index (χ0n) is 12.1. The minimum absolute atomic E-state index is 0.0258. The Kier molecular flexibility index (Phi) is 4.79. The monoisotopic (exact) mass is 274 g/mol. The number of aliphatic hydroxyl groups excluding tert-OH is 1. The summed E-state index contributed by atoms with van der Waals surface area (Å²) in [5.74, 6) is 0.0258. The molecule has 0 bridgehead atoms. The van der Waals surface area contributed by atoms with Crippen LogP contribution in [0.25, 0.3) is 10.9 Å². The molecule has 3 N–H and O–H groups in total. The Morgan fingerprint density at radius 1 is 1.45 bits per heavy atom. The van der Waals surface area contributed by atoms with Crippen molar-refractivity contribution in [3.63, 3.8) is 0 Å². The smallest absolute Gasteiger partial charge is 0.224 e. The summed E-state index contributed by atoms with van der Waals surface area (Å²) in [5, 5.41) is 12.9. The molecule has 0 saturated heterocycles. The first-order valence-corrected chi connectivity index (χ1v) is 7.07. The molecule has 0 fully saturated rings. The maximum atomic E-state index is 12.0. The van der Waals surface area contributed by atoms with Gasteiger partial charge in [0, 0.05) is 29.7 Å². The van der Waals surface area contributed by atoms with Crippen LogP contribution in [-0.4, -0.2) is 28.6 Å². The Morgan fingerprint density at radius 2 is 2.25 bits per heavy atom. The first-order chi connectivity index (χ1) is 9.61. The van der Waals surface area contributed by atoms with Crippen LogP contribution in [-0.2, 0) is 11.2 Å². The van der Waals surface area contributed by atoms with Crippen molar-refractivity contribution in [3.8, 4) is 0 Å². The maximum absolute atomic E-state index is 12.0. The van der Waals surface area contributed by atoms with Gasteiger partial charge in [-0.25, -0.2) is 0 Å². The molecule has 108 valence electrons. The lowest BCUT2D eigenvalue weighted by Crippen LogP contribution is -2.33. The highest BCUT2D eigenvalue weighted by molar-refractivity contribution is 5.90. The van der Waals surface area contributed by atoms with Crippen molar-refractivity contribution in [2.75, 3.05) is 6.61 Å². The first-order valence-electron chi connectivity index (χ1n) is 7.07. The molecule has 1 heterocycles. The van der Waals surface area contributed by atoms with E-state index in [2.05, 4.69) is 23.3 Å². The maximum Gasteiger partial charge on any atom is 0.224 e. The minimum Gasteiger partial charge on any atom is -0.396 e. The summed E-state index contributed by atoms with van der Waals surface area (Å²) >= 11 is 0.